The van der Waals surface area contributed by atoms with Crippen molar-refractivity contribution in [1.29, 1.82) is 0 Å². The first-order valence-corrected chi connectivity index (χ1v) is 6.35. The Kier molecular flexibility index (Phi) is 4.89. The first-order chi connectivity index (χ1) is 10.5. The molecule has 0 amide bonds. The van der Waals surface area contributed by atoms with Crippen molar-refractivity contribution in [3.8, 4) is 0 Å². The summed E-state index contributed by atoms with van der Waals surface area (Å²) in [6.45, 7) is 1.31. The summed E-state index contributed by atoms with van der Waals surface area (Å²) in [6.07, 6.45) is 0. The van der Waals surface area contributed by atoms with Gasteiger partial charge in [-0.05, 0) is 28.0 Å². The summed E-state index contributed by atoms with van der Waals surface area (Å²) in [5.41, 5.74) is 8.58. The second kappa shape index (κ2) is 6.85. The zero-order chi connectivity index (χ0) is 16.1. The second-order valence-electron chi connectivity index (χ2n) is 4.11. The molecule has 0 radical (unpaired) electrons. The molecule has 2 aromatic rings. The molecule has 0 bridgehead atoms. The van der Waals surface area contributed by atoms with Gasteiger partial charge in [0, 0.05) is 6.92 Å². The normalized spacial score (nSPS) is 11.3. The van der Waals surface area contributed by atoms with E-state index in [1.807, 2.05) is 0 Å². The number of carbonyl (C=O) groups is 1. The predicted molar refractivity (Wildman–Crippen MR) is 75.3 cm³/mol. The summed E-state index contributed by atoms with van der Waals surface area (Å²) in [5, 5.41) is 6.94. The van der Waals surface area contributed by atoms with Gasteiger partial charge in [0.25, 0.3) is 0 Å². The van der Waals surface area contributed by atoms with E-state index < -0.39 is 11.8 Å². The van der Waals surface area contributed by atoms with E-state index in [2.05, 4.69) is 30.3 Å². The quantitative estimate of drug-likeness (QED) is 0.498. The van der Waals surface area contributed by atoms with Crippen LogP contribution in [-0.2, 0) is 16.2 Å². The van der Waals surface area contributed by atoms with Crippen LogP contribution in [-0.4, -0.2) is 22.1 Å². The van der Waals surface area contributed by atoms with Crippen LogP contribution in [0.4, 0.5) is 10.2 Å². The molecule has 0 fully saturated rings. The predicted octanol–water partition coefficient (Wildman–Crippen LogP) is 1.46. The minimum absolute atomic E-state index is 0.0233. The molecule has 22 heavy (non-hydrogen) atoms. The fraction of sp³-hybridized carbons (Fsp3) is 0.167. The number of nitrogen functional groups attached to an aromatic ring is 1. The smallest absolute Gasteiger partial charge is 0.329 e. The number of anilines is 1. The molecule has 2 rings (SSSR count). The van der Waals surface area contributed by atoms with Crippen LogP contribution in [0.2, 0.25) is 5.02 Å². The number of rotatable bonds is 3. The molecular weight excluding hydrogens is 317 g/mol. The number of hydrogen-bond acceptors (Lipinski definition) is 7. The number of carbonyl (C=O) groups excluding carboxylic acids is 1. The monoisotopic (exact) mass is 327 g/mol. The van der Waals surface area contributed by atoms with E-state index in [-0.39, 0.29) is 28.9 Å². The fourth-order valence-corrected chi connectivity index (χ4v) is 1.65. The summed E-state index contributed by atoms with van der Waals surface area (Å²) in [7, 11) is 0. The molecule has 0 spiro atoms. The van der Waals surface area contributed by atoms with E-state index in [1.54, 1.807) is 0 Å². The van der Waals surface area contributed by atoms with E-state index in [9.17, 15) is 9.18 Å². The molecule has 10 heteroatoms. The van der Waals surface area contributed by atoms with Crippen molar-refractivity contribution in [3.05, 3.63) is 40.3 Å². The van der Waals surface area contributed by atoms with Crippen LogP contribution in [0.15, 0.2) is 27.8 Å². The molecule has 0 aliphatic heterocycles. The molecule has 116 valence electrons. The average Bonchev–Trinajstić information content (AvgIpc) is 2.88. The van der Waals surface area contributed by atoms with Crippen molar-refractivity contribution in [2.45, 2.75) is 13.5 Å². The lowest BCUT2D eigenvalue weighted by atomic mass is 10.2. The van der Waals surface area contributed by atoms with Gasteiger partial charge in [-0.1, -0.05) is 17.7 Å². The molecule has 1 aromatic carbocycles. The Balaban J connectivity index is 2.22. The largest absolute Gasteiger partial charge is 0.379 e. The zero-order valence-corrected chi connectivity index (χ0v) is 12.1. The fourth-order valence-electron chi connectivity index (χ4n) is 1.44. The molecule has 0 saturated carbocycles. The van der Waals surface area contributed by atoms with Crippen LogP contribution in [0.3, 0.4) is 0 Å². The van der Waals surface area contributed by atoms with Gasteiger partial charge in [0.05, 0.1) is 11.6 Å². The van der Waals surface area contributed by atoms with Crippen LogP contribution in [0, 0.1) is 5.82 Å². The Morgan fingerprint density at radius 2 is 2.32 bits per heavy atom. The summed E-state index contributed by atoms with van der Waals surface area (Å²) in [6, 6.07) is 4.16. The third-order valence-corrected chi connectivity index (χ3v) is 2.72. The summed E-state index contributed by atoms with van der Waals surface area (Å²) in [5.74, 6) is -1.12. The van der Waals surface area contributed by atoms with Gasteiger partial charge in [0.1, 0.15) is 5.82 Å². The highest BCUT2D eigenvalue weighted by molar-refractivity contribution is 6.30. The highest BCUT2D eigenvalue weighted by Gasteiger charge is 2.15. The maximum absolute atomic E-state index is 13.1. The number of halogens is 2. The van der Waals surface area contributed by atoms with E-state index in [0.29, 0.717) is 5.56 Å². The minimum atomic E-state index is -0.590. The lowest BCUT2D eigenvalue weighted by Crippen LogP contribution is -2.28. The van der Waals surface area contributed by atoms with Gasteiger partial charge < -0.3 is 10.6 Å². The van der Waals surface area contributed by atoms with Crippen molar-refractivity contribution >= 4 is 29.2 Å². The number of hydroxylamine groups is 1. The van der Waals surface area contributed by atoms with Crippen molar-refractivity contribution in [3.63, 3.8) is 0 Å². The highest BCUT2D eigenvalue weighted by atomic mass is 35.5. The van der Waals surface area contributed by atoms with Gasteiger partial charge in [-0.2, -0.15) is 5.48 Å². The number of aliphatic imine (C=N–C) groups is 1. The van der Waals surface area contributed by atoms with Crippen molar-refractivity contribution in [1.82, 2.24) is 15.8 Å². The Labute approximate surface area is 129 Å². The Morgan fingerprint density at radius 1 is 1.55 bits per heavy atom. The zero-order valence-electron chi connectivity index (χ0n) is 11.3. The first-order valence-electron chi connectivity index (χ1n) is 5.97. The Morgan fingerprint density at radius 3 is 2.91 bits per heavy atom. The van der Waals surface area contributed by atoms with Crippen LogP contribution in [0.5, 0.6) is 0 Å². The van der Waals surface area contributed by atoms with Crippen molar-refractivity contribution in [2.24, 2.45) is 4.99 Å². The van der Waals surface area contributed by atoms with Crippen LogP contribution < -0.4 is 11.2 Å². The van der Waals surface area contributed by atoms with Crippen molar-refractivity contribution < 1.29 is 18.7 Å². The van der Waals surface area contributed by atoms with E-state index in [0.717, 1.165) is 0 Å². The molecule has 0 atom stereocenters. The maximum Gasteiger partial charge on any atom is 0.329 e. The molecule has 1 heterocycles. The lowest BCUT2D eigenvalue weighted by Gasteiger charge is -2.06. The second-order valence-corrected chi connectivity index (χ2v) is 4.51. The minimum Gasteiger partial charge on any atom is -0.379 e. The molecule has 0 aliphatic carbocycles. The third kappa shape index (κ3) is 3.92. The van der Waals surface area contributed by atoms with Gasteiger partial charge >= 0.3 is 5.97 Å². The molecule has 1 aromatic heterocycles. The number of nitrogens with one attached hydrogen (secondary N) is 1. The number of benzene rings is 1. The van der Waals surface area contributed by atoms with E-state index in [4.69, 9.17) is 17.3 Å². The lowest BCUT2D eigenvalue weighted by molar-refractivity contribution is -0.145. The number of amidine groups is 1. The number of hydrogen-bond donors (Lipinski definition) is 2. The molecule has 8 nitrogen and oxygen atoms in total. The van der Waals surface area contributed by atoms with Gasteiger partial charge in [-0.25, -0.2) is 9.02 Å². The SMILES string of the molecule is CC(=O)ONC(=NCc1ccc(F)c(Cl)c1)c1nonc1N. The van der Waals surface area contributed by atoms with Gasteiger partial charge in [-0.15, -0.1) is 0 Å². The summed E-state index contributed by atoms with van der Waals surface area (Å²) in [4.78, 5) is 19.7. The summed E-state index contributed by atoms with van der Waals surface area (Å²) >= 11 is 5.69. The number of aromatic nitrogens is 2. The van der Waals surface area contributed by atoms with Crippen LogP contribution >= 0.6 is 11.6 Å². The average molecular weight is 328 g/mol. The van der Waals surface area contributed by atoms with Crippen LogP contribution in [0.25, 0.3) is 0 Å². The first kappa shape index (κ1) is 15.7. The van der Waals surface area contributed by atoms with Crippen molar-refractivity contribution in [2.75, 3.05) is 5.73 Å². The van der Waals surface area contributed by atoms with E-state index >= 15 is 0 Å². The maximum atomic E-state index is 13.1. The van der Waals surface area contributed by atoms with Gasteiger partial charge in [-0.3, -0.25) is 9.79 Å². The Bertz CT molecular complexity index is 719. The molecular formula is C12H11ClFN5O3. The standard InChI is InChI=1S/C12H11ClFN5O3/c1-6(20)21-19-12(10-11(15)18-22-17-10)16-5-7-2-3-9(14)8(13)4-7/h2-4H,5H2,1H3,(H2,15,18)(H,16,19). The third-order valence-electron chi connectivity index (χ3n) is 2.43. The Hall–Kier alpha value is -2.68. The molecule has 0 unspecified atom stereocenters. The van der Waals surface area contributed by atoms with Crippen LogP contribution in [0.1, 0.15) is 18.2 Å². The van der Waals surface area contributed by atoms with E-state index in [1.165, 1.54) is 25.1 Å². The molecule has 0 aliphatic rings. The summed E-state index contributed by atoms with van der Waals surface area (Å²) < 4.78 is 17.6. The van der Waals surface area contributed by atoms with Gasteiger partial charge in [0.2, 0.25) is 0 Å². The molecule has 0 saturated heterocycles. The molecule has 3 N–H and O–H groups in total. The number of nitrogens with two attached hydrogens (primary N) is 1. The topological polar surface area (TPSA) is 116 Å². The van der Waals surface area contributed by atoms with Gasteiger partial charge in [0.15, 0.2) is 17.3 Å². The highest BCUT2D eigenvalue weighted by Crippen LogP contribution is 2.17. The number of nitrogens with zero attached hydrogens (tertiary/aromatic N) is 3.